The van der Waals surface area contributed by atoms with E-state index in [2.05, 4.69) is 15.6 Å². The predicted octanol–water partition coefficient (Wildman–Crippen LogP) is 3.75. The molecule has 1 aliphatic rings. The lowest BCUT2D eigenvalue weighted by atomic mass is 9.93. The maximum Gasteiger partial charge on any atom is 0.393 e. The van der Waals surface area contributed by atoms with Crippen LogP contribution in [0.25, 0.3) is 0 Å². The van der Waals surface area contributed by atoms with E-state index in [-0.39, 0.29) is 18.5 Å². The van der Waals surface area contributed by atoms with E-state index in [0.717, 1.165) is 5.69 Å². The SMILES string of the molecule is Cc1cc2c(c(NC(C)(C)C)n1)NCC(C(F)(F)F)C2. The number of fused-ring (bicyclic) bond motifs is 1. The molecule has 0 fully saturated rings. The molecule has 0 bridgehead atoms. The Bertz CT molecular complexity index is 504. The zero-order chi connectivity index (χ0) is 15.1. The quantitative estimate of drug-likeness (QED) is 0.826. The van der Waals surface area contributed by atoms with Crippen LogP contribution in [-0.4, -0.2) is 23.2 Å². The summed E-state index contributed by atoms with van der Waals surface area (Å²) in [4.78, 5) is 4.40. The number of hydrogen-bond donors (Lipinski definition) is 2. The maximum atomic E-state index is 12.8. The van der Waals surface area contributed by atoms with Gasteiger partial charge < -0.3 is 10.6 Å². The first-order valence-electron chi connectivity index (χ1n) is 6.65. The number of pyridine rings is 1. The van der Waals surface area contributed by atoms with Gasteiger partial charge in [0.15, 0.2) is 0 Å². The van der Waals surface area contributed by atoms with E-state index in [1.54, 1.807) is 13.0 Å². The van der Waals surface area contributed by atoms with E-state index in [1.807, 2.05) is 20.8 Å². The summed E-state index contributed by atoms with van der Waals surface area (Å²) in [5.41, 5.74) is 1.90. The van der Waals surface area contributed by atoms with Crippen molar-refractivity contribution in [2.24, 2.45) is 5.92 Å². The molecule has 2 heterocycles. The second-order valence-electron chi connectivity index (χ2n) is 6.34. The van der Waals surface area contributed by atoms with Gasteiger partial charge in [-0.05, 0) is 45.7 Å². The van der Waals surface area contributed by atoms with Crippen molar-refractivity contribution in [3.8, 4) is 0 Å². The Hall–Kier alpha value is -1.46. The molecule has 0 saturated carbocycles. The first kappa shape index (κ1) is 14.9. The number of halogens is 3. The zero-order valence-electron chi connectivity index (χ0n) is 12.2. The van der Waals surface area contributed by atoms with Crippen LogP contribution in [0.2, 0.25) is 0 Å². The van der Waals surface area contributed by atoms with Gasteiger partial charge in [-0.25, -0.2) is 4.98 Å². The van der Waals surface area contributed by atoms with Crippen LogP contribution in [0.3, 0.4) is 0 Å². The van der Waals surface area contributed by atoms with E-state index in [0.29, 0.717) is 17.1 Å². The second-order valence-corrected chi connectivity index (χ2v) is 6.34. The van der Waals surface area contributed by atoms with Crippen LogP contribution in [0.15, 0.2) is 6.07 Å². The topological polar surface area (TPSA) is 37.0 Å². The van der Waals surface area contributed by atoms with Crippen molar-refractivity contribution >= 4 is 11.5 Å². The molecule has 1 aromatic heterocycles. The third-order valence-corrected chi connectivity index (χ3v) is 3.18. The molecule has 1 aromatic rings. The van der Waals surface area contributed by atoms with Gasteiger partial charge in [-0.2, -0.15) is 13.2 Å². The number of aromatic nitrogens is 1. The van der Waals surface area contributed by atoms with Crippen LogP contribution in [0.5, 0.6) is 0 Å². The largest absolute Gasteiger partial charge is 0.393 e. The highest BCUT2D eigenvalue weighted by Crippen LogP contribution is 2.38. The van der Waals surface area contributed by atoms with Crippen LogP contribution in [0, 0.1) is 12.8 Å². The average Bonchev–Trinajstić information content (AvgIpc) is 2.24. The number of rotatable bonds is 1. The number of hydrogen-bond acceptors (Lipinski definition) is 3. The summed E-state index contributed by atoms with van der Waals surface area (Å²) in [6.45, 7) is 7.67. The molecule has 3 nitrogen and oxygen atoms in total. The molecule has 1 aliphatic heterocycles. The molecule has 20 heavy (non-hydrogen) atoms. The van der Waals surface area contributed by atoms with Crippen molar-refractivity contribution in [2.75, 3.05) is 17.2 Å². The van der Waals surface area contributed by atoms with E-state index in [4.69, 9.17) is 0 Å². The molecule has 1 atom stereocenters. The Kier molecular flexibility index (Phi) is 3.60. The first-order valence-corrected chi connectivity index (χ1v) is 6.65. The van der Waals surface area contributed by atoms with Crippen molar-refractivity contribution in [3.05, 3.63) is 17.3 Å². The molecular formula is C14H20F3N3. The fourth-order valence-electron chi connectivity index (χ4n) is 2.34. The van der Waals surface area contributed by atoms with Gasteiger partial charge in [0.1, 0.15) is 5.82 Å². The zero-order valence-corrected chi connectivity index (χ0v) is 12.2. The smallest absolute Gasteiger partial charge is 0.381 e. The molecule has 2 N–H and O–H groups in total. The number of nitrogens with one attached hydrogen (secondary N) is 2. The van der Waals surface area contributed by atoms with E-state index >= 15 is 0 Å². The Balaban J connectivity index is 2.35. The molecule has 0 saturated heterocycles. The summed E-state index contributed by atoms with van der Waals surface area (Å²) in [5.74, 6) is -0.701. The molecule has 6 heteroatoms. The van der Waals surface area contributed by atoms with Crippen molar-refractivity contribution < 1.29 is 13.2 Å². The number of aryl methyl sites for hydroxylation is 1. The molecule has 112 valence electrons. The lowest BCUT2D eigenvalue weighted by molar-refractivity contribution is -0.170. The average molecular weight is 287 g/mol. The lowest BCUT2D eigenvalue weighted by Crippen LogP contribution is -2.36. The summed E-state index contributed by atoms with van der Waals surface area (Å²) in [5, 5.41) is 6.14. The standard InChI is InChI=1S/C14H20F3N3/c1-8-5-9-6-10(14(15,16)17)7-18-11(9)12(19-8)20-13(2,3)4/h5,10,18H,6-7H2,1-4H3,(H,19,20). The monoisotopic (exact) mass is 287 g/mol. The highest BCUT2D eigenvalue weighted by molar-refractivity contribution is 5.71. The molecular weight excluding hydrogens is 267 g/mol. The summed E-state index contributed by atoms with van der Waals surface area (Å²) < 4.78 is 38.5. The normalized spacial score (nSPS) is 19.2. The Morgan fingerprint density at radius 1 is 1.30 bits per heavy atom. The van der Waals surface area contributed by atoms with Gasteiger partial charge >= 0.3 is 6.18 Å². The molecule has 1 unspecified atom stereocenters. The van der Waals surface area contributed by atoms with Crippen molar-refractivity contribution in [1.29, 1.82) is 0 Å². The Morgan fingerprint density at radius 3 is 2.50 bits per heavy atom. The first-order chi connectivity index (χ1) is 9.06. The lowest BCUT2D eigenvalue weighted by Gasteiger charge is -2.31. The van der Waals surface area contributed by atoms with Crippen LogP contribution < -0.4 is 10.6 Å². The summed E-state index contributed by atoms with van der Waals surface area (Å²) in [6.07, 6.45) is -4.16. The minimum Gasteiger partial charge on any atom is -0.381 e. The van der Waals surface area contributed by atoms with Crippen LogP contribution >= 0.6 is 0 Å². The maximum absolute atomic E-state index is 12.8. The van der Waals surface area contributed by atoms with Gasteiger partial charge in [-0.1, -0.05) is 0 Å². The summed E-state index contributed by atoms with van der Waals surface area (Å²) >= 11 is 0. The molecule has 0 aromatic carbocycles. The van der Waals surface area contributed by atoms with Gasteiger partial charge in [0.2, 0.25) is 0 Å². The number of alkyl halides is 3. The van der Waals surface area contributed by atoms with Crippen molar-refractivity contribution in [3.63, 3.8) is 0 Å². The third kappa shape index (κ3) is 3.35. The Morgan fingerprint density at radius 2 is 1.95 bits per heavy atom. The minimum atomic E-state index is -4.17. The van der Waals surface area contributed by atoms with Gasteiger partial charge in [0, 0.05) is 17.8 Å². The van der Waals surface area contributed by atoms with Crippen molar-refractivity contribution in [2.45, 2.75) is 45.8 Å². The van der Waals surface area contributed by atoms with Gasteiger partial charge in [-0.3, -0.25) is 0 Å². The highest BCUT2D eigenvalue weighted by Gasteiger charge is 2.42. The van der Waals surface area contributed by atoms with Gasteiger partial charge in [0.05, 0.1) is 11.6 Å². The molecule has 0 radical (unpaired) electrons. The van der Waals surface area contributed by atoms with Crippen molar-refractivity contribution in [1.82, 2.24) is 4.98 Å². The molecule has 2 rings (SSSR count). The van der Waals surface area contributed by atoms with E-state index < -0.39 is 12.1 Å². The Labute approximate surface area is 117 Å². The summed E-state index contributed by atoms with van der Waals surface area (Å²) in [6, 6.07) is 1.73. The van der Waals surface area contributed by atoms with Gasteiger partial charge in [0.25, 0.3) is 0 Å². The number of anilines is 2. The highest BCUT2D eigenvalue weighted by atomic mass is 19.4. The minimum absolute atomic E-state index is 0.00795. The molecule has 0 amide bonds. The van der Waals surface area contributed by atoms with E-state index in [9.17, 15) is 13.2 Å². The summed E-state index contributed by atoms with van der Waals surface area (Å²) in [7, 11) is 0. The fraction of sp³-hybridized carbons (Fsp3) is 0.643. The van der Waals surface area contributed by atoms with Gasteiger partial charge in [-0.15, -0.1) is 0 Å². The van der Waals surface area contributed by atoms with Crippen LogP contribution in [0.4, 0.5) is 24.7 Å². The second kappa shape index (κ2) is 4.82. The molecule has 0 aliphatic carbocycles. The third-order valence-electron chi connectivity index (χ3n) is 3.18. The molecule has 0 spiro atoms. The van der Waals surface area contributed by atoms with Crippen LogP contribution in [-0.2, 0) is 6.42 Å². The fourth-order valence-corrected chi connectivity index (χ4v) is 2.34. The van der Waals surface area contributed by atoms with E-state index in [1.165, 1.54) is 0 Å². The van der Waals surface area contributed by atoms with Crippen LogP contribution in [0.1, 0.15) is 32.0 Å². The predicted molar refractivity (Wildman–Crippen MR) is 74.1 cm³/mol. The number of nitrogens with zero attached hydrogens (tertiary/aromatic N) is 1.